The second-order valence-corrected chi connectivity index (χ2v) is 8.25. The van der Waals surface area contributed by atoms with Gasteiger partial charge in [-0.3, -0.25) is 4.79 Å². The van der Waals surface area contributed by atoms with Gasteiger partial charge in [-0.1, -0.05) is 33.8 Å². The van der Waals surface area contributed by atoms with Crippen LogP contribution in [0.3, 0.4) is 0 Å². The summed E-state index contributed by atoms with van der Waals surface area (Å²) in [5.41, 5.74) is 0.800. The second kappa shape index (κ2) is 6.53. The van der Waals surface area contributed by atoms with Crippen molar-refractivity contribution >= 4 is 11.9 Å². The molecule has 24 heavy (non-hydrogen) atoms. The average molecular weight is 334 g/mol. The van der Waals surface area contributed by atoms with Crippen LogP contribution in [-0.4, -0.2) is 24.1 Å². The van der Waals surface area contributed by atoms with Gasteiger partial charge in [-0.05, 0) is 43.4 Å². The van der Waals surface area contributed by atoms with Gasteiger partial charge in [0.25, 0.3) is 0 Å². The zero-order chi connectivity index (χ0) is 17.5. The Bertz CT molecular complexity index is 540. The van der Waals surface area contributed by atoms with Crippen LogP contribution in [0.15, 0.2) is 12.2 Å². The fourth-order valence-corrected chi connectivity index (χ4v) is 5.25. The quantitative estimate of drug-likeness (QED) is 0.575. The highest BCUT2D eigenvalue weighted by Crippen LogP contribution is 2.57. The lowest BCUT2D eigenvalue weighted by Crippen LogP contribution is -2.53. The molecule has 3 rings (SSSR count). The molecule has 3 fully saturated rings. The fourth-order valence-electron chi connectivity index (χ4n) is 5.25. The molecule has 0 aromatic heterocycles. The largest absolute Gasteiger partial charge is 0.462 e. The highest BCUT2D eigenvalue weighted by atomic mass is 16.6. The number of fused-ring (bicyclic) bond motifs is 3. The van der Waals surface area contributed by atoms with Crippen molar-refractivity contribution in [2.24, 2.45) is 23.2 Å². The van der Waals surface area contributed by atoms with E-state index in [9.17, 15) is 9.59 Å². The Morgan fingerprint density at radius 2 is 2.08 bits per heavy atom. The Labute approximate surface area is 145 Å². The molecule has 2 aliphatic carbocycles. The number of carbonyl (C=O) groups is 2. The Hall–Kier alpha value is -1.32. The van der Waals surface area contributed by atoms with E-state index >= 15 is 0 Å². The number of ether oxygens (including phenoxy) is 2. The number of esters is 2. The molecule has 1 heterocycles. The van der Waals surface area contributed by atoms with Crippen LogP contribution in [0.4, 0.5) is 0 Å². The van der Waals surface area contributed by atoms with Gasteiger partial charge in [0.1, 0.15) is 12.2 Å². The number of carbonyl (C=O) groups excluding carboxylic acids is 2. The zero-order valence-electron chi connectivity index (χ0n) is 15.2. The molecule has 4 nitrogen and oxygen atoms in total. The molecule has 0 amide bonds. The van der Waals surface area contributed by atoms with Gasteiger partial charge < -0.3 is 9.47 Å². The van der Waals surface area contributed by atoms with Crippen LogP contribution in [0.25, 0.3) is 0 Å². The number of hydrogen-bond acceptors (Lipinski definition) is 4. The topological polar surface area (TPSA) is 52.6 Å². The maximum Gasteiger partial charge on any atom is 0.334 e. The first-order chi connectivity index (χ1) is 11.4. The van der Waals surface area contributed by atoms with E-state index in [1.54, 1.807) is 0 Å². The number of rotatable bonds is 4. The van der Waals surface area contributed by atoms with E-state index in [0.29, 0.717) is 12.0 Å². The van der Waals surface area contributed by atoms with E-state index in [4.69, 9.17) is 9.47 Å². The Kier molecular flexibility index (Phi) is 4.76. The van der Waals surface area contributed by atoms with Crippen molar-refractivity contribution in [2.75, 3.05) is 0 Å². The normalized spacial score (nSPS) is 41.4. The Balaban J connectivity index is 1.75. The summed E-state index contributed by atoms with van der Waals surface area (Å²) in [6.07, 6.45) is 6.25. The summed E-state index contributed by atoms with van der Waals surface area (Å²) in [5, 5.41) is 0. The van der Waals surface area contributed by atoms with E-state index in [1.807, 2.05) is 0 Å². The van der Waals surface area contributed by atoms with E-state index in [1.165, 1.54) is 0 Å². The van der Waals surface area contributed by atoms with Crippen LogP contribution in [-0.2, 0) is 19.1 Å². The predicted molar refractivity (Wildman–Crippen MR) is 91.1 cm³/mol. The van der Waals surface area contributed by atoms with Crippen molar-refractivity contribution in [3.63, 3.8) is 0 Å². The maximum absolute atomic E-state index is 12.1. The first-order valence-corrected chi connectivity index (χ1v) is 9.46. The number of hydrogen-bond donors (Lipinski definition) is 0. The van der Waals surface area contributed by atoms with Crippen molar-refractivity contribution in [3.05, 3.63) is 12.2 Å². The highest BCUT2D eigenvalue weighted by molar-refractivity contribution is 5.90. The fraction of sp³-hybridized carbons (Fsp3) is 0.800. The second-order valence-electron chi connectivity index (χ2n) is 8.25. The predicted octanol–water partition coefficient (Wildman–Crippen LogP) is 4.03. The lowest BCUT2D eigenvalue weighted by Gasteiger charge is -2.54. The molecule has 0 N–H and O–H groups in total. The molecule has 1 unspecified atom stereocenters. The van der Waals surface area contributed by atoms with Crippen LogP contribution in [0.5, 0.6) is 0 Å². The summed E-state index contributed by atoms with van der Waals surface area (Å²) in [5.74, 6) is 0.284. The van der Waals surface area contributed by atoms with Gasteiger partial charge in [0.15, 0.2) is 0 Å². The molecule has 0 aromatic carbocycles. The molecule has 134 valence electrons. The smallest absolute Gasteiger partial charge is 0.334 e. The van der Waals surface area contributed by atoms with Crippen molar-refractivity contribution in [1.82, 2.24) is 0 Å². The Morgan fingerprint density at radius 3 is 2.79 bits per heavy atom. The zero-order valence-corrected chi connectivity index (χ0v) is 15.2. The Morgan fingerprint density at radius 1 is 1.38 bits per heavy atom. The molecule has 0 bridgehead atoms. The first kappa shape index (κ1) is 17.5. The van der Waals surface area contributed by atoms with Gasteiger partial charge in [-0.2, -0.15) is 0 Å². The van der Waals surface area contributed by atoms with Crippen LogP contribution in [0.1, 0.15) is 65.7 Å². The molecule has 6 atom stereocenters. The monoisotopic (exact) mass is 334 g/mol. The maximum atomic E-state index is 12.1. The molecule has 1 saturated heterocycles. The summed E-state index contributed by atoms with van der Waals surface area (Å²) in [4.78, 5) is 24.1. The molecular weight excluding hydrogens is 304 g/mol. The molecule has 0 aromatic rings. The van der Waals surface area contributed by atoms with E-state index in [2.05, 4.69) is 27.4 Å². The van der Waals surface area contributed by atoms with Crippen LogP contribution >= 0.6 is 0 Å². The highest BCUT2D eigenvalue weighted by Gasteiger charge is 2.58. The molecule has 2 saturated carbocycles. The first-order valence-electron chi connectivity index (χ1n) is 9.46. The molecule has 0 spiro atoms. The van der Waals surface area contributed by atoms with Crippen LogP contribution in [0, 0.1) is 23.2 Å². The van der Waals surface area contributed by atoms with E-state index in [0.717, 1.165) is 38.5 Å². The summed E-state index contributed by atoms with van der Waals surface area (Å²) in [6, 6.07) is 0. The molecule has 4 heteroatoms. The number of unbranched alkanes of at least 4 members (excludes halogenated alkanes) is 1. The van der Waals surface area contributed by atoms with Gasteiger partial charge in [0.2, 0.25) is 0 Å². The minimum Gasteiger partial charge on any atom is -0.462 e. The molecule has 0 radical (unpaired) electrons. The van der Waals surface area contributed by atoms with Crippen molar-refractivity contribution in [2.45, 2.75) is 77.9 Å². The summed E-state index contributed by atoms with van der Waals surface area (Å²) in [7, 11) is 0. The molecule has 3 aliphatic rings. The minimum atomic E-state index is -0.233. The standard InChI is InChI=1S/C20H30O4/c1-5-6-7-16(21)23-15-9-11-20(4)10-8-14-12(2)19(22)24-18(14)17(20)13(15)3/h13-15,17-18H,2,5-11H2,1,3-4H3/t13-,14-,15-,17?,18-,20-/m0/s1. The van der Waals surface area contributed by atoms with Gasteiger partial charge in [-0.15, -0.1) is 0 Å². The lowest BCUT2D eigenvalue weighted by atomic mass is 9.53. The molecule has 1 aliphatic heterocycles. The van der Waals surface area contributed by atoms with Crippen LogP contribution < -0.4 is 0 Å². The minimum absolute atomic E-state index is 0.0567. The molecular formula is C20H30O4. The lowest BCUT2D eigenvalue weighted by molar-refractivity contribution is -0.175. The third kappa shape index (κ3) is 2.89. The average Bonchev–Trinajstić information content (AvgIpc) is 2.82. The van der Waals surface area contributed by atoms with Crippen molar-refractivity contribution in [1.29, 1.82) is 0 Å². The summed E-state index contributed by atoms with van der Waals surface area (Å²) in [6.45, 7) is 10.5. The SMILES string of the molecule is C=C1C(=O)O[C@@H]2C3[C@@H](C)[C@@H](OC(=O)CCCC)CC[C@]3(C)CC[C@@H]12. The van der Waals surface area contributed by atoms with Gasteiger partial charge in [0.05, 0.1) is 0 Å². The van der Waals surface area contributed by atoms with Gasteiger partial charge >= 0.3 is 11.9 Å². The van der Waals surface area contributed by atoms with E-state index in [-0.39, 0.29) is 47.3 Å². The van der Waals surface area contributed by atoms with Crippen molar-refractivity contribution < 1.29 is 19.1 Å². The van der Waals surface area contributed by atoms with Gasteiger partial charge in [-0.25, -0.2) is 4.79 Å². The van der Waals surface area contributed by atoms with Crippen molar-refractivity contribution in [3.8, 4) is 0 Å². The van der Waals surface area contributed by atoms with Gasteiger partial charge in [0, 0.05) is 23.8 Å². The van der Waals surface area contributed by atoms with E-state index < -0.39 is 0 Å². The summed E-state index contributed by atoms with van der Waals surface area (Å²) >= 11 is 0. The third-order valence-corrected chi connectivity index (χ3v) is 6.70. The third-order valence-electron chi connectivity index (χ3n) is 6.70. The summed E-state index contributed by atoms with van der Waals surface area (Å²) < 4.78 is 11.5. The van der Waals surface area contributed by atoms with Crippen LogP contribution in [0.2, 0.25) is 0 Å².